The van der Waals surface area contributed by atoms with Crippen LogP contribution in [0.3, 0.4) is 0 Å². The molecule has 0 saturated heterocycles. The molecule has 1 fully saturated rings. The van der Waals surface area contributed by atoms with Gasteiger partial charge in [-0.1, -0.05) is 26.0 Å². The van der Waals surface area contributed by atoms with E-state index < -0.39 is 15.8 Å². The fraction of sp³-hybridized carbons (Fsp3) is 0.538. The SMILES string of the molecule is CC(C)CN(C1CC1)S(=O)(=O)c1ccccc1F. The number of hydrogen-bond donors (Lipinski definition) is 0. The minimum Gasteiger partial charge on any atom is -0.207 e. The maximum Gasteiger partial charge on any atom is 0.246 e. The molecule has 1 aliphatic rings. The molecule has 0 spiro atoms. The average Bonchev–Trinajstić information content (AvgIpc) is 3.09. The lowest BCUT2D eigenvalue weighted by Crippen LogP contribution is -2.36. The van der Waals surface area contributed by atoms with E-state index in [1.165, 1.54) is 22.5 Å². The average molecular weight is 271 g/mol. The van der Waals surface area contributed by atoms with Crippen molar-refractivity contribution in [2.45, 2.75) is 37.6 Å². The van der Waals surface area contributed by atoms with Crippen molar-refractivity contribution in [3.8, 4) is 0 Å². The molecular formula is C13H18FNO2S. The van der Waals surface area contributed by atoms with Crippen LogP contribution in [0, 0.1) is 11.7 Å². The van der Waals surface area contributed by atoms with E-state index >= 15 is 0 Å². The lowest BCUT2D eigenvalue weighted by molar-refractivity contribution is 0.358. The topological polar surface area (TPSA) is 37.4 Å². The van der Waals surface area contributed by atoms with E-state index in [4.69, 9.17) is 0 Å². The maximum atomic E-state index is 13.7. The molecule has 100 valence electrons. The van der Waals surface area contributed by atoms with Gasteiger partial charge in [-0.15, -0.1) is 0 Å². The molecule has 0 heterocycles. The van der Waals surface area contributed by atoms with E-state index in [9.17, 15) is 12.8 Å². The van der Waals surface area contributed by atoms with E-state index in [-0.39, 0.29) is 16.9 Å². The molecule has 1 aromatic rings. The smallest absolute Gasteiger partial charge is 0.207 e. The Labute approximate surface area is 108 Å². The minimum atomic E-state index is -3.71. The molecule has 0 radical (unpaired) electrons. The normalized spacial score (nSPS) is 16.5. The summed E-state index contributed by atoms with van der Waals surface area (Å²) in [5.41, 5.74) is 0. The van der Waals surface area contributed by atoms with Crippen LogP contribution in [0.15, 0.2) is 29.2 Å². The van der Waals surface area contributed by atoms with Crippen molar-refractivity contribution < 1.29 is 12.8 Å². The Hall–Kier alpha value is -0.940. The Morgan fingerprint density at radius 1 is 1.33 bits per heavy atom. The zero-order chi connectivity index (χ0) is 13.3. The molecule has 3 nitrogen and oxygen atoms in total. The lowest BCUT2D eigenvalue weighted by atomic mass is 10.2. The van der Waals surface area contributed by atoms with Gasteiger partial charge in [0.05, 0.1) is 0 Å². The number of rotatable bonds is 5. The second-order valence-corrected chi connectivity index (χ2v) is 6.99. The molecule has 1 saturated carbocycles. The van der Waals surface area contributed by atoms with Crippen LogP contribution in [-0.4, -0.2) is 25.3 Å². The first-order chi connectivity index (χ1) is 8.43. The highest BCUT2D eigenvalue weighted by atomic mass is 32.2. The van der Waals surface area contributed by atoms with Gasteiger partial charge in [0.1, 0.15) is 10.7 Å². The van der Waals surface area contributed by atoms with Gasteiger partial charge < -0.3 is 0 Å². The maximum absolute atomic E-state index is 13.7. The van der Waals surface area contributed by atoms with Crippen molar-refractivity contribution in [2.75, 3.05) is 6.54 Å². The highest BCUT2D eigenvalue weighted by Gasteiger charge is 2.39. The summed E-state index contributed by atoms with van der Waals surface area (Å²) >= 11 is 0. The predicted octanol–water partition coefficient (Wildman–Crippen LogP) is 2.63. The van der Waals surface area contributed by atoms with Gasteiger partial charge in [0.15, 0.2) is 0 Å². The molecular weight excluding hydrogens is 253 g/mol. The first kappa shape index (κ1) is 13.5. The van der Waals surface area contributed by atoms with Crippen LogP contribution < -0.4 is 0 Å². The van der Waals surface area contributed by atoms with Crippen molar-refractivity contribution in [3.05, 3.63) is 30.1 Å². The third-order valence-corrected chi connectivity index (χ3v) is 4.87. The van der Waals surface area contributed by atoms with Crippen molar-refractivity contribution in [1.82, 2.24) is 4.31 Å². The van der Waals surface area contributed by atoms with Crippen molar-refractivity contribution >= 4 is 10.0 Å². The van der Waals surface area contributed by atoms with Crippen LogP contribution in [0.1, 0.15) is 26.7 Å². The summed E-state index contributed by atoms with van der Waals surface area (Å²) in [6, 6.07) is 5.62. The Bertz CT molecular complexity index is 524. The number of sulfonamides is 1. The molecule has 0 aromatic heterocycles. The number of benzene rings is 1. The van der Waals surface area contributed by atoms with Crippen LogP contribution in [0.4, 0.5) is 4.39 Å². The number of halogens is 1. The summed E-state index contributed by atoms with van der Waals surface area (Å²) in [6.07, 6.45) is 1.75. The highest BCUT2D eigenvalue weighted by Crippen LogP contribution is 2.33. The Kier molecular flexibility index (Phi) is 3.73. The zero-order valence-electron chi connectivity index (χ0n) is 10.6. The molecule has 0 bridgehead atoms. The Morgan fingerprint density at radius 2 is 1.94 bits per heavy atom. The van der Waals surface area contributed by atoms with E-state index in [1.54, 1.807) is 6.07 Å². The van der Waals surface area contributed by atoms with Crippen molar-refractivity contribution in [2.24, 2.45) is 5.92 Å². The van der Waals surface area contributed by atoms with Crippen LogP contribution in [0.25, 0.3) is 0 Å². The van der Waals surface area contributed by atoms with Crippen molar-refractivity contribution in [3.63, 3.8) is 0 Å². The largest absolute Gasteiger partial charge is 0.246 e. The summed E-state index contributed by atoms with van der Waals surface area (Å²) < 4.78 is 40.0. The molecule has 0 N–H and O–H groups in total. The molecule has 0 amide bonds. The van der Waals surface area contributed by atoms with Gasteiger partial charge in [-0.05, 0) is 30.9 Å². The highest BCUT2D eigenvalue weighted by molar-refractivity contribution is 7.89. The molecule has 0 unspecified atom stereocenters. The molecule has 1 aromatic carbocycles. The second-order valence-electron chi connectivity index (χ2n) is 5.13. The standard InChI is InChI=1S/C13H18FNO2S/c1-10(2)9-15(11-7-8-11)18(16,17)13-6-4-3-5-12(13)14/h3-6,10-11H,7-9H2,1-2H3. The van der Waals surface area contributed by atoms with Gasteiger partial charge in [-0.25, -0.2) is 12.8 Å². The summed E-state index contributed by atoms with van der Waals surface area (Å²) in [6.45, 7) is 4.37. The fourth-order valence-electron chi connectivity index (χ4n) is 1.95. The summed E-state index contributed by atoms with van der Waals surface area (Å²) in [7, 11) is -3.71. The Balaban J connectivity index is 2.36. The Morgan fingerprint density at radius 3 is 2.44 bits per heavy atom. The first-order valence-corrected chi connectivity index (χ1v) is 7.63. The quantitative estimate of drug-likeness (QED) is 0.825. The van der Waals surface area contributed by atoms with Crippen LogP contribution in [0.5, 0.6) is 0 Å². The number of hydrogen-bond acceptors (Lipinski definition) is 2. The van der Waals surface area contributed by atoms with Gasteiger partial charge in [0.25, 0.3) is 0 Å². The van der Waals surface area contributed by atoms with Gasteiger partial charge >= 0.3 is 0 Å². The zero-order valence-corrected chi connectivity index (χ0v) is 11.5. The third-order valence-electron chi connectivity index (χ3n) is 2.92. The summed E-state index contributed by atoms with van der Waals surface area (Å²) in [5, 5.41) is 0. The third kappa shape index (κ3) is 2.72. The van der Waals surface area contributed by atoms with Gasteiger partial charge in [0.2, 0.25) is 10.0 Å². The summed E-state index contributed by atoms with van der Waals surface area (Å²) in [4.78, 5) is -0.211. The van der Waals surface area contributed by atoms with Gasteiger partial charge in [0, 0.05) is 12.6 Å². The van der Waals surface area contributed by atoms with E-state index in [2.05, 4.69) is 0 Å². The monoisotopic (exact) mass is 271 g/mol. The van der Waals surface area contributed by atoms with E-state index in [1.807, 2.05) is 13.8 Å². The van der Waals surface area contributed by atoms with Crippen LogP contribution >= 0.6 is 0 Å². The first-order valence-electron chi connectivity index (χ1n) is 6.19. The van der Waals surface area contributed by atoms with Crippen LogP contribution in [-0.2, 0) is 10.0 Å². The minimum absolute atomic E-state index is 0.0528. The van der Waals surface area contributed by atoms with E-state index in [0.717, 1.165) is 12.8 Å². The van der Waals surface area contributed by atoms with Gasteiger partial charge in [-0.3, -0.25) is 0 Å². The lowest BCUT2D eigenvalue weighted by Gasteiger charge is -2.23. The predicted molar refractivity (Wildman–Crippen MR) is 68.2 cm³/mol. The molecule has 5 heteroatoms. The summed E-state index contributed by atoms with van der Waals surface area (Å²) in [5.74, 6) is -0.445. The van der Waals surface area contributed by atoms with Crippen molar-refractivity contribution in [1.29, 1.82) is 0 Å². The molecule has 1 aliphatic carbocycles. The fourth-order valence-corrected chi connectivity index (χ4v) is 3.86. The van der Waals surface area contributed by atoms with Crippen LogP contribution in [0.2, 0.25) is 0 Å². The number of nitrogens with zero attached hydrogens (tertiary/aromatic N) is 1. The molecule has 18 heavy (non-hydrogen) atoms. The molecule has 0 atom stereocenters. The second kappa shape index (κ2) is 4.97. The molecule has 2 rings (SSSR count). The van der Waals surface area contributed by atoms with E-state index in [0.29, 0.717) is 6.54 Å². The molecule has 0 aliphatic heterocycles. The van der Waals surface area contributed by atoms with Gasteiger partial charge in [-0.2, -0.15) is 4.31 Å².